The van der Waals surface area contributed by atoms with Crippen molar-refractivity contribution in [2.75, 3.05) is 0 Å². The molecule has 3 nitrogen and oxygen atoms in total. The molecule has 2 N–H and O–H groups in total. The quantitative estimate of drug-likeness (QED) is 0.834. The van der Waals surface area contributed by atoms with Crippen molar-refractivity contribution in [3.05, 3.63) is 35.4 Å². The van der Waals surface area contributed by atoms with Gasteiger partial charge >= 0.3 is 5.97 Å². The van der Waals surface area contributed by atoms with Crippen molar-refractivity contribution in [3.8, 4) is 0 Å². The van der Waals surface area contributed by atoms with Crippen molar-refractivity contribution in [3.63, 3.8) is 0 Å². The van der Waals surface area contributed by atoms with Gasteiger partial charge in [-0.3, -0.25) is 10.1 Å². The maximum absolute atomic E-state index is 13.3. The van der Waals surface area contributed by atoms with Gasteiger partial charge in [0.05, 0.1) is 0 Å². The van der Waals surface area contributed by atoms with Gasteiger partial charge in [-0.25, -0.2) is 8.78 Å². The van der Waals surface area contributed by atoms with Gasteiger partial charge in [-0.15, -0.1) is 0 Å². The second-order valence-corrected chi connectivity index (χ2v) is 4.04. The van der Waals surface area contributed by atoms with E-state index >= 15 is 0 Å². The van der Waals surface area contributed by atoms with Gasteiger partial charge in [0.2, 0.25) is 0 Å². The molecule has 1 unspecified atom stereocenters. The minimum atomic E-state index is -1.19. The lowest BCUT2D eigenvalue weighted by molar-refractivity contribution is -0.144. The maximum atomic E-state index is 13.3. The van der Waals surface area contributed by atoms with Crippen LogP contribution in [-0.2, 0) is 11.3 Å². The third-order valence-corrected chi connectivity index (χ3v) is 2.90. The van der Waals surface area contributed by atoms with Gasteiger partial charge in [-0.05, 0) is 25.5 Å². The first kappa shape index (κ1) is 13.6. The van der Waals surface area contributed by atoms with Gasteiger partial charge in [0.25, 0.3) is 0 Å². The van der Waals surface area contributed by atoms with Crippen LogP contribution in [-0.4, -0.2) is 16.6 Å². The molecule has 0 spiro atoms. The van der Waals surface area contributed by atoms with Crippen molar-refractivity contribution >= 4 is 5.97 Å². The van der Waals surface area contributed by atoms with Crippen molar-refractivity contribution in [1.82, 2.24) is 5.32 Å². The number of carbonyl (C=O) groups is 1. The Kier molecular flexibility index (Phi) is 4.17. The first-order valence-electron chi connectivity index (χ1n) is 5.32. The highest BCUT2D eigenvalue weighted by Crippen LogP contribution is 2.15. The van der Waals surface area contributed by atoms with Crippen molar-refractivity contribution < 1.29 is 18.7 Å². The molecule has 1 aromatic carbocycles. The number of carboxylic acid groups (broad SMARTS) is 1. The minimum absolute atomic E-state index is 0.145. The average molecular weight is 243 g/mol. The van der Waals surface area contributed by atoms with Crippen LogP contribution in [0.4, 0.5) is 8.78 Å². The van der Waals surface area contributed by atoms with Gasteiger partial charge in [-0.2, -0.15) is 0 Å². The number of halogens is 2. The third-order valence-electron chi connectivity index (χ3n) is 2.90. The Morgan fingerprint density at radius 1 is 1.41 bits per heavy atom. The molecule has 1 aromatic rings. The first-order chi connectivity index (χ1) is 7.90. The van der Waals surface area contributed by atoms with E-state index in [0.717, 1.165) is 12.1 Å². The Morgan fingerprint density at radius 3 is 2.35 bits per heavy atom. The van der Waals surface area contributed by atoms with Gasteiger partial charge in [0.1, 0.15) is 17.2 Å². The molecule has 0 heterocycles. The molecule has 0 saturated carbocycles. The number of rotatable bonds is 5. The maximum Gasteiger partial charge on any atom is 0.323 e. The van der Waals surface area contributed by atoms with E-state index in [1.807, 2.05) is 0 Å². The fourth-order valence-corrected chi connectivity index (χ4v) is 1.34. The van der Waals surface area contributed by atoms with E-state index in [4.69, 9.17) is 5.11 Å². The second-order valence-electron chi connectivity index (χ2n) is 4.04. The Balaban J connectivity index is 2.83. The normalized spacial score (nSPS) is 14.4. The molecule has 0 bridgehead atoms. The molecular weight excluding hydrogens is 228 g/mol. The molecule has 0 aliphatic heterocycles. The van der Waals surface area contributed by atoms with Crippen LogP contribution in [0.5, 0.6) is 0 Å². The summed E-state index contributed by atoms with van der Waals surface area (Å²) in [5, 5.41) is 11.7. The summed E-state index contributed by atoms with van der Waals surface area (Å²) in [6.45, 7) is 3.02. The Hall–Kier alpha value is -1.49. The number of nitrogens with one attached hydrogen (secondary N) is 1. The summed E-state index contributed by atoms with van der Waals surface area (Å²) in [6, 6.07) is 3.55. The summed E-state index contributed by atoms with van der Waals surface area (Å²) in [7, 11) is 0. The summed E-state index contributed by atoms with van der Waals surface area (Å²) in [6.07, 6.45) is 0.318. The summed E-state index contributed by atoms with van der Waals surface area (Å²) in [5.74, 6) is -2.40. The van der Waals surface area contributed by atoms with Crippen LogP contribution in [0.3, 0.4) is 0 Å². The molecule has 94 valence electrons. The van der Waals surface area contributed by atoms with Crippen LogP contribution < -0.4 is 5.32 Å². The Bertz CT molecular complexity index is 403. The van der Waals surface area contributed by atoms with E-state index < -0.39 is 23.1 Å². The summed E-state index contributed by atoms with van der Waals surface area (Å²) >= 11 is 0. The van der Waals surface area contributed by atoms with Crippen LogP contribution in [0.25, 0.3) is 0 Å². The zero-order valence-electron chi connectivity index (χ0n) is 9.76. The standard InChI is InChI=1S/C12H15F2NO2/c1-3-12(2,11(16)17)15-7-8-9(13)5-4-6-10(8)14/h4-6,15H,3,7H2,1-2H3,(H,16,17). The van der Waals surface area contributed by atoms with Crippen molar-refractivity contribution in [1.29, 1.82) is 0 Å². The molecule has 0 amide bonds. The second kappa shape index (κ2) is 5.23. The highest BCUT2D eigenvalue weighted by Gasteiger charge is 2.30. The van der Waals surface area contributed by atoms with Crippen molar-refractivity contribution in [2.24, 2.45) is 0 Å². The molecule has 0 saturated heterocycles. The zero-order chi connectivity index (χ0) is 13.1. The third kappa shape index (κ3) is 3.00. The van der Waals surface area contributed by atoms with Crippen LogP contribution in [0.2, 0.25) is 0 Å². The van der Waals surface area contributed by atoms with E-state index in [0.29, 0.717) is 6.42 Å². The highest BCUT2D eigenvalue weighted by atomic mass is 19.1. The molecule has 17 heavy (non-hydrogen) atoms. The lowest BCUT2D eigenvalue weighted by Crippen LogP contribution is -2.48. The lowest BCUT2D eigenvalue weighted by atomic mass is 9.98. The van der Waals surface area contributed by atoms with Crippen LogP contribution in [0, 0.1) is 11.6 Å². The van der Waals surface area contributed by atoms with Crippen molar-refractivity contribution in [2.45, 2.75) is 32.4 Å². The fraction of sp³-hybridized carbons (Fsp3) is 0.417. The minimum Gasteiger partial charge on any atom is -0.480 e. The number of hydrogen-bond acceptors (Lipinski definition) is 2. The molecule has 0 aliphatic rings. The molecule has 0 radical (unpaired) electrons. The molecule has 1 rings (SSSR count). The lowest BCUT2D eigenvalue weighted by Gasteiger charge is -2.24. The smallest absolute Gasteiger partial charge is 0.323 e. The largest absolute Gasteiger partial charge is 0.480 e. The number of hydrogen-bond donors (Lipinski definition) is 2. The molecular formula is C12H15F2NO2. The van der Waals surface area contributed by atoms with Gasteiger partial charge in [-0.1, -0.05) is 13.0 Å². The van der Waals surface area contributed by atoms with E-state index in [9.17, 15) is 13.6 Å². The number of benzene rings is 1. The number of carboxylic acids is 1. The van der Waals surface area contributed by atoms with Crippen LogP contribution in [0.15, 0.2) is 18.2 Å². The molecule has 0 aliphatic carbocycles. The fourth-order valence-electron chi connectivity index (χ4n) is 1.34. The summed E-state index contributed by atoms with van der Waals surface area (Å²) in [5.41, 5.74) is -1.33. The number of aliphatic carboxylic acids is 1. The van der Waals surface area contributed by atoms with E-state index in [2.05, 4.69) is 5.32 Å². The molecule has 5 heteroatoms. The highest BCUT2D eigenvalue weighted by molar-refractivity contribution is 5.78. The summed E-state index contributed by atoms with van der Waals surface area (Å²) in [4.78, 5) is 11.0. The Labute approximate surface area is 98.5 Å². The SMILES string of the molecule is CCC(C)(NCc1c(F)cccc1F)C(=O)O. The van der Waals surface area contributed by atoms with Crippen LogP contribution >= 0.6 is 0 Å². The first-order valence-corrected chi connectivity index (χ1v) is 5.32. The van der Waals surface area contributed by atoms with E-state index in [1.54, 1.807) is 6.92 Å². The monoisotopic (exact) mass is 243 g/mol. The zero-order valence-corrected chi connectivity index (χ0v) is 9.76. The average Bonchev–Trinajstić information content (AvgIpc) is 2.27. The van der Waals surface area contributed by atoms with Gasteiger partial charge in [0, 0.05) is 12.1 Å². The molecule has 0 fully saturated rings. The van der Waals surface area contributed by atoms with Gasteiger partial charge in [0.15, 0.2) is 0 Å². The van der Waals surface area contributed by atoms with E-state index in [-0.39, 0.29) is 12.1 Å². The predicted octanol–water partition coefficient (Wildman–Crippen LogP) is 2.31. The molecule has 1 atom stereocenters. The topological polar surface area (TPSA) is 49.3 Å². The van der Waals surface area contributed by atoms with Crippen LogP contribution in [0.1, 0.15) is 25.8 Å². The van der Waals surface area contributed by atoms with Gasteiger partial charge < -0.3 is 5.11 Å². The van der Waals surface area contributed by atoms with E-state index in [1.165, 1.54) is 13.0 Å². The predicted molar refractivity (Wildman–Crippen MR) is 59.5 cm³/mol. The Morgan fingerprint density at radius 2 is 1.94 bits per heavy atom. The summed E-state index contributed by atoms with van der Waals surface area (Å²) < 4.78 is 26.6. The molecule has 0 aromatic heterocycles.